The summed E-state index contributed by atoms with van der Waals surface area (Å²) in [5.41, 5.74) is 0. The highest BCUT2D eigenvalue weighted by atomic mass is 16.5. The Balaban J connectivity index is 2.14. The summed E-state index contributed by atoms with van der Waals surface area (Å²) >= 11 is 0. The Labute approximate surface area is 140 Å². The number of hydrogen-bond donors (Lipinski definition) is 2. The van der Waals surface area contributed by atoms with Gasteiger partial charge in [-0.05, 0) is 19.3 Å². The van der Waals surface area contributed by atoms with Gasteiger partial charge in [-0.2, -0.15) is 0 Å². The minimum atomic E-state index is -0.439. The molecule has 0 saturated carbocycles. The van der Waals surface area contributed by atoms with E-state index in [1.807, 2.05) is 36.5 Å². The zero-order valence-electron chi connectivity index (χ0n) is 14.2. The second-order valence-electron chi connectivity index (χ2n) is 5.65. The fraction of sp³-hybridized carbons (Fsp3) is 0.579. The fourth-order valence-electron chi connectivity index (χ4n) is 2.23. The van der Waals surface area contributed by atoms with Crippen molar-refractivity contribution in [3.63, 3.8) is 0 Å². The van der Waals surface area contributed by atoms with Crippen molar-refractivity contribution in [2.75, 3.05) is 32.8 Å². The smallest absolute Gasteiger partial charge is 0.0758 e. The molecule has 0 radical (unpaired) electrons. The molecule has 1 saturated heterocycles. The second-order valence-corrected chi connectivity index (χ2v) is 5.65. The largest absolute Gasteiger partial charge is 0.389 e. The summed E-state index contributed by atoms with van der Waals surface area (Å²) < 4.78 is 5.30. The first kappa shape index (κ1) is 19.8. The van der Waals surface area contributed by atoms with Gasteiger partial charge in [0.05, 0.1) is 25.4 Å². The molecule has 0 unspecified atom stereocenters. The third-order valence-electron chi connectivity index (χ3n) is 3.62. The number of rotatable bonds is 10. The standard InChI is InChI=1S/C19H31NO3/c1-2-3-6-9-18(21)10-7-4-5-8-11-19(22)12-13-20-14-16-23-17-15-20/h3-8,10-11,18-19,21-22H,2,9,12-17H2,1H3/b5-4-,6-3-,10-7+,11-8+/t18-,19+/m0/s1. The topological polar surface area (TPSA) is 52.9 Å². The fourth-order valence-corrected chi connectivity index (χ4v) is 2.23. The number of nitrogens with zero attached hydrogens (tertiary/aromatic N) is 1. The summed E-state index contributed by atoms with van der Waals surface area (Å²) in [6.07, 6.45) is 16.5. The van der Waals surface area contributed by atoms with Gasteiger partial charge in [-0.1, -0.05) is 55.5 Å². The molecule has 130 valence electrons. The third kappa shape index (κ3) is 11.0. The van der Waals surface area contributed by atoms with Gasteiger partial charge >= 0.3 is 0 Å². The van der Waals surface area contributed by atoms with Crippen LogP contribution in [-0.4, -0.2) is 60.2 Å². The number of morpholine rings is 1. The Morgan fingerprint density at radius 3 is 2.26 bits per heavy atom. The van der Waals surface area contributed by atoms with E-state index in [0.29, 0.717) is 6.42 Å². The molecule has 0 aromatic carbocycles. The lowest BCUT2D eigenvalue weighted by Crippen LogP contribution is -2.37. The maximum Gasteiger partial charge on any atom is 0.0758 e. The van der Waals surface area contributed by atoms with Crippen LogP contribution in [0.15, 0.2) is 48.6 Å². The SMILES string of the molecule is CC/C=C\C[C@H](O)/C=C/C=C\C=C\[C@@H](O)CCN1CCOCC1. The molecule has 4 heteroatoms. The first-order valence-corrected chi connectivity index (χ1v) is 8.55. The normalized spacial score (nSPS) is 20.3. The Bertz CT molecular complexity index is 395. The molecule has 23 heavy (non-hydrogen) atoms. The van der Waals surface area contributed by atoms with Gasteiger partial charge in [0, 0.05) is 19.6 Å². The van der Waals surface area contributed by atoms with Crippen molar-refractivity contribution < 1.29 is 14.9 Å². The molecule has 4 nitrogen and oxygen atoms in total. The summed E-state index contributed by atoms with van der Waals surface area (Å²) in [5, 5.41) is 19.6. The maximum absolute atomic E-state index is 9.90. The third-order valence-corrected chi connectivity index (χ3v) is 3.62. The molecular formula is C19H31NO3. The molecule has 1 fully saturated rings. The second kappa shape index (κ2) is 13.3. The number of allylic oxidation sites excluding steroid dienone is 5. The molecule has 0 aromatic rings. The van der Waals surface area contributed by atoms with Gasteiger partial charge in [-0.25, -0.2) is 0 Å². The van der Waals surface area contributed by atoms with E-state index < -0.39 is 12.2 Å². The first-order valence-electron chi connectivity index (χ1n) is 8.55. The molecule has 1 aliphatic heterocycles. The van der Waals surface area contributed by atoms with Gasteiger partial charge in [0.2, 0.25) is 0 Å². The summed E-state index contributed by atoms with van der Waals surface area (Å²) in [4.78, 5) is 2.31. The van der Waals surface area contributed by atoms with E-state index in [9.17, 15) is 10.2 Å². The number of ether oxygens (including phenoxy) is 1. The Hall–Kier alpha value is -1.20. The van der Waals surface area contributed by atoms with Crippen LogP contribution in [0, 0.1) is 0 Å². The van der Waals surface area contributed by atoms with Crippen molar-refractivity contribution in [3.8, 4) is 0 Å². The lowest BCUT2D eigenvalue weighted by atomic mass is 10.2. The minimum Gasteiger partial charge on any atom is -0.389 e. The highest BCUT2D eigenvalue weighted by molar-refractivity contribution is 5.13. The van der Waals surface area contributed by atoms with Crippen LogP contribution in [0.4, 0.5) is 0 Å². The van der Waals surface area contributed by atoms with Crippen molar-refractivity contribution in [3.05, 3.63) is 48.6 Å². The van der Waals surface area contributed by atoms with E-state index in [1.54, 1.807) is 12.2 Å². The summed E-state index contributed by atoms with van der Waals surface area (Å²) in [6, 6.07) is 0. The van der Waals surface area contributed by atoms with E-state index >= 15 is 0 Å². The van der Waals surface area contributed by atoms with Crippen molar-refractivity contribution >= 4 is 0 Å². The van der Waals surface area contributed by atoms with Crippen LogP contribution in [0.1, 0.15) is 26.2 Å². The van der Waals surface area contributed by atoms with Crippen LogP contribution in [-0.2, 0) is 4.74 Å². The van der Waals surface area contributed by atoms with Crippen LogP contribution >= 0.6 is 0 Å². The average Bonchev–Trinajstić information content (AvgIpc) is 2.57. The Morgan fingerprint density at radius 2 is 1.61 bits per heavy atom. The van der Waals surface area contributed by atoms with Gasteiger partial charge < -0.3 is 14.9 Å². The van der Waals surface area contributed by atoms with Crippen LogP contribution in [0.25, 0.3) is 0 Å². The number of hydrogen-bond acceptors (Lipinski definition) is 4. The Morgan fingerprint density at radius 1 is 0.957 bits per heavy atom. The van der Waals surface area contributed by atoms with Crippen molar-refractivity contribution in [2.24, 2.45) is 0 Å². The van der Waals surface area contributed by atoms with Crippen LogP contribution in [0.3, 0.4) is 0 Å². The number of aliphatic hydroxyl groups is 2. The summed E-state index contributed by atoms with van der Waals surface area (Å²) in [5.74, 6) is 0. The first-order chi connectivity index (χ1) is 11.2. The van der Waals surface area contributed by atoms with Gasteiger partial charge in [-0.3, -0.25) is 4.90 Å². The summed E-state index contributed by atoms with van der Waals surface area (Å²) in [7, 11) is 0. The molecule has 1 aliphatic rings. The van der Waals surface area contributed by atoms with E-state index in [0.717, 1.165) is 45.7 Å². The molecule has 0 aliphatic carbocycles. The summed E-state index contributed by atoms with van der Waals surface area (Å²) in [6.45, 7) is 6.47. The molecule has 0 aromatic heterocycles. The molecule has 0 amide bonds. The highest BCUT2D eigenvalue weighted by Gasteiger charge is 2.10. The van der Waals surface area contributed by atoms with Gasteiger partial charge in [0.1, 0.15) is 0 Å². The lowest BCUT2D eigenvalue weighted by molar-refractivity contribution is 0.0328. The van der Waals surface area contributed by atoms with Crippen LogP contribution < -0.4 is 0 Å². The molecule has 2 atom stereocenters. The molecule has 1 heterocycles. The van der Waals surface area contributed by atoms with Crippen molar-refractivity contribution in [1.29, 1.82) is 0 Å². The minimum absolute atomic E-state index is 0.420. The van der Waals surface area contributed by atoms with E-state index in [1.165, 1.54) is 0 Å². The predicted octanol–water partition coefficient (Wildman–Crippen LogP) is 2.46. The molecular weight excluding hydrogens is 290 g/mol. The van der Waals surface area contributed by atoms with E-state index in [4.69, 9.17) is 4.74 Å². The zero-order chi connectivity index (χ0) is 16.8. The Kier molecular flexibility index (Phi) is 11.4. The lowest BCUT2D eigenvalue weighted by Gasteiger charge is -2.26. The maximum atomic E-state index is 9.90. The van der Waals surface area contributed by atoms with Gasteiger partial charge in [-0.15, -0.1) is 0 Å². The number of aliphatic hydroxyl groups excluding tert-OH is 2. The van der Waals surface area contributed by atoms with Gasteiger partial charge in [0.15, 0.2) is 0 Å². The van der Waals surface area contributed by atoms with Crippen molar-refractivity contribution in [1.82, 2.24) is 4.90 Å². The highest BCUT2D eigenvalue weighted by Crippen LogP contribution is 2.02. The van der Waals surface area contributed by atoms with E-state index in [-0.39, 0.29) is 0 Å². The predicted molar refractivity (Wildman–Crippen MR) is 95.4 cm³/mol. The average molecular weight is 321 g/mol. The molecule has 0 spiro atoms. The molecule has 1 rings (SSSR count). The monoisotopic (exact) mass is 321 g/mol. The van der Waals surface area contributed by atoms with Crippen LogP contribution in [0.5, 0.6) is 0 Å². The van der Waals surface area contributed by atoms with Crippen LogP contribution in [0.2, 0.25) is 0 Å². The molecule has 0 bridgehead atoms. The molecule has 2 N–H and O–H groups in total. The van der Waals surface area contributed by atoms with Gasteiger partial charge in [0.25, 0.3) is 0 Å². The zero-order valence-corrected chi connectivity index (χ0v) is 14.2. The van der Waals surface area contributed by atoms with Crippen molar-refractivity contribution in [2.45, 2.75) is 38.4 Å². The van der Waals surface area contributed by atoms with E-state index in [2.05, 4.69) is 11.8 Å². The quantitative estimate of drug-likeness (QED) is 0.479.